The van der Waals surface area contributed by atoms with E-state index in [9.17, 15) is 10.1 Å². The highest BCUT2D eigenvalue weighted by Gasteiger charge is 2.13. The van der Waals surface area contributed by atoms with Gasteiger partial charge in [-0.3, -0.25) is 4.79 Å². The lowest BCUT2D eigenvalue weighted by Gasteiger charge is -2.14. The molecule has 5 nitrogen and oxygen atoms in total. The molecule has 0 aliphatic rings. The zero-order valence-corrected chi connectivity index (χ0v) is 16.2. The molecule has 0 radical (unpaired) electrons. The summed E-state index contributed by atoms with van der Waals surface area (Å²) in [6.45, 7) is 4.02. The van der Waals surface area contributed by atoms with Crippen LogP contribution >= 0.6 is 15.9 Å². The molecule has 0 heterocycles. The number of carbonyl (C=O) groups is 1. The number of halogens is 1. The molecule has 0 bridgehead atoms. The third-order valence-corrected chi connectivity index (χ3v) is 4.07. The van der Waals surface area contributed by atoms with E-state index in [-0.39, 0.29) is 6.61 Å². The topological polar surface area (TPSA) is 85.3 Å². The van der Waals surface area contributed by atoms with Gasteiger partial charge in [-0.05, 0) is 59.1 Å². The van der Waals surface area contributed by atoms with Crippen LogP contribution in [0, 0.1) is 18.3 Å². The second kappa shape index (κ2) is 9.07. The summed E-state index contributed by atoms with van der Waals surface area (Å²) in [5.74, 6) is 0.293. The first-order chi connectivity index (χ1) is 12.4. The molecule has 2 aromatic carbocycles. The molecule has 2 N–H and O–H groups in total. The molecule has 0 spiro atoms. The zero-order chi connectivity index (χ0) is 19.1. The summed E-state index contributed by atoms with van der Waals surface area (Å²) in [5, 5.41) is 9.51. The maximum Gasteiger partial charge on any atom is 0.255 e. The van der Waals surface area contributed by atoms with Gasteiger partial charge in [0.2, 0.25) is 0 Å². The van der Waals surface area contributed by atoms with Gasteiger partial charge < -0.3 is 15.2 Å². The fourth-order valence-corrected chi connectivity index (χ4v) is 2.87. The minimum Gasteiger partial charge on any atom is -0.490 e. The van der Waals surface area contributed by atoms with Gasteiger partial charge in [-0.25, -0.2) is 0 Å². The molecule has 0 saturated heterocycles. The van der Waals surface area contributed by atoms with E-state index in [0.29, 0.717) is 28.2 Å². The number of ether oxygens (including phenoxy) is 2. The van der Waals surface area contributed by atoms with Gasteiger partial charge in [0.25, 0.3) is 5.91 Å². The third-order valence-electron chi connectivity index (χ3n) is 3.48. The lowest BCUT2D eigenvalue weighted by molar-refractivity contribution is -0.119. The number of allylic oxidation sites excluding steroid dienone is 1. The summed E-state index contributed by atoms with van der Waals surface area (Å²) in [6, 6.07) is 13.5. The van der Waals surface area contributed by atoms with Crippen LogP contribution in [0.1, 0.15) is 23.6 Å². The number of hydrogen-bond acceptors (Lipinski definition) is 4. The summed E-state index contributed by atoms with van der Waals surface area (Å²) in [4.78, 5) is 11.0. The fourth-order valence-electron chi connectivity index (χ4n) is 2.30. The fraction of sp³-hybridized carbons (Fsp3) is 0.200. The molecule has 0 fully saturated rings. The summed E-state index contributed by atoms with van der Waals surface area (Å²) in [5.41, 5.74) is 8.40. The van der Waals surface area contributed by atoms with E-state index in [1.165, 1.54) is 0 Å². The smallest absolute Gasteiger partial charge is 0.255 e. The Hall–Kier alpha value is -2.78. The number of amides is 1. The zero-order valence-electron chi connectivity index (χ0n) is 14.6. The Bertz CT molecular complexity index is 868. The molecule has 2 rings (SSSR count). The first-order valence-corrected chi connectivity index (χ1v) is 8.80. The van der Waals surface area contributed by atoms with Crippen molar-refractivity contribution in [1.29, 1.82) is 5.26 Å². The first-order valence-electron chi connectivity index (χ1n) is 8.01. The Balaban J connectivity index is 2.43. The van der Waals surface area contributed by atoms with Crippen molar-refractivity contribution in [2.24, 2.45) is 5.73 Å². The van der Waals surface area contributed by atoms with Crippen molar-refractivity contribution in [3.63, 3.8) is 0 Å². The lowest BCUT2D eigenvalue weighted by Crippen LogP contribution is -2.20. The SMILES string of the molecule is CCOc1cc(/C=C(\C#N)c2ccc(C)cc2)cc(Br)c1OCC(N)=O. The van der Waals surface area contributed by atoms with E-state index in [0.717, 1.165) is 16.7 Å². The molecule has 1 amide bonds. The van der Waals surface area contributed by atoms with Crippen molar-refractivity contribution < 1.29 is 14.3 Å². The van der Waals surface area contributed by atoms with Gasteiger partial charge in [-0.2, -0.15) is 5.26 Å². The van der Waals surface area contributed by atoms with E-state index in [1.54, 1.807) is 18.2 Å². The maximum atomic E-state index is 11.0. The molecule has 26 heavy (non-hydrogen) atoms. The monoisotopic (exact) mass is 414 g/mol. The molecule has 0 atom stereocenters. The average molecular weight is 415 g/mol. The molecule has 2 aromatic rings. The Kier molecular flexibility index (Phi) is 6.81. The van der Waals surface area contributed by atoms with E-state index in [4.69, 9.17) is 15.2 Å². The van der Waals surface area contributed by atoms with Crippen molar-refractivity contribution in [2.45, 2.75) is 13.8 Å². The van der Waals surface area contributed by atoms with Crippen molar-refractivity contribution in [3.05, 3.63) is 57.6 Å². The highest BCUT2D eigenvalue weighted by atomic mass is 79.9. The van der Waals surface area contributed by atoms with Crippen LogP contribution in [-0.4, -0.2) is 19.1 Å². The number of nitrogens with zero attached hydrogens (tertiary/aromatic N) is 1. The Morgan fingerprint density at radius 1 is 1.27 bits per heavy atom. The molecule has 0 aliphatic carbocycles. The van der Waals surface area contributed by atoms with Crippen molar-refractivity contribution in [3.8, 4) is 17.6 Å². The van der Waals surface area contributed by atoms with Gasteiger partial charge in [0.1, 0.15) is 0 Å². The van der Waals surface area contributed by atoms with E-state index in [2.05, 4.69) is 22.0 Å². The summed E-state index contributed by atoms with van der Waals surface area (Å²) in [6.07, 6.45) is 1.77. The van der Waals surface area contributed by atoms with Crippen LogP contribution in [0.4, 0.5) is 0 Å². The molecular formula is C20H19BrN2O3. The average Bonchev–Trinajstić information content (AvgIpc) is 2.60. The van der Waals surface area contributed by atoms with E-state index in [1.807, 2.05) is 38.1 Å². The van der Waals surface area contributed by atoms with Gasteiger partial charge in [-0.1, -0.05) is 29.8 Å². The van der Waals surface area contributed by atoms with Crippen LogP contribution in [0.2, 0.25) is 0 Å². The number of carbonyl (C=O) groups excluding carboxylic acids is 1. The number of hydrogen-bond donors (Lipinski definition) is 1. The standard InChI is InChI=1S/C20H19BrN2O3/c1-3-25-18-10-14(9-17(21)20(18)26-12-19(23)24)8-16(11-22)15-6-4-13(2)5-7-15/h4-10H,3,12H2,1-2H3,(H2,23,24)/b16-8+. The molecule has 134 valence electrons. The largest absolute Gasteiger partial charge is 0.490 e. The number of aryl methyl sites for hydroxylation is 1. The lowest BCUT2D eigenvalue weighted by atomic mass is 10.0. The normalized spacial score (nSPS) is 10.9. The molecule has 0 saturated carbocycles. The second-order valence-electron chi connectivity index (χ2n) is 5.55. The number of nitrogens with two attached hydrogens (primary N) is 1. The minimum atomic E-state index is -0.575. The highest BCUT2D eigenvalue weighted by Crippen LogP contribution is 2.38. The molecule has 6 heteroatoms. The molecular weight excluding hydrogens is 396 g/mol. The number of rotatable bonds is 7. The van der Waals surface area contributed by atoms with Crippen molar-refractivity contribution in [2.75, 3.05) is 13.2 Å². The van der Waals surface area contributed by atoms with Gasteiger partial charge >= 0.3 is 0 Å². The van der Waals surface area contributed by atoms with E-state index >= 15 is 0 Å². The first kappa shape index (κ1) is 19.5. The number of primary amides is 1. The molecule has 0 unspecified atom stereocenters. The summed E-state index contributed by atoms with van der Waals surface area (Å²) in [7, 11) is 0. The second-order valence-corrected chi connectivity index (χ2v) is 6.41. The van der Waals surface area contributed by atoms with Gasteiger partial charge in [0.15, 0.2) is 18.1 Å². The van der Waals surface area contributed by atoms with Gasteiger partial charge in [0, 0.05) is 0 Å². The van der Waals surface area contributed by atoms with Crippen molar-refractivity contribution in [1.82, 2.24) is 0 Å². The van der Waals surface area contributed by atoms with Crippen molar-refractivity contribution >= 4 is 33.5 Å². The quantitative estimate of drug-likeness (QED) is 0.546. The van der Waals surface area contributed by atoms with Crippen LogP contribution in [0.25, 0.3) is 11.6 Å². The predicted molar refractivity (Wildman–Crippen MR) is 105 cm³/mol. The van der Waals surface area contributed by atoms with Crippen LogP contribution in [0.15, 0.2) is 40.9 Å². The van der Waals surface area contributed by atoms with E-state index < -0.39 is 5.91 Å². The van der Waals surface area contributed by atoms with Gasteiger partial charge in [0.05, 0.1) is 22.7 Å². The Morgan fingerprint density at radius 2 is 1.96 bits per heavy atom. The van der Waals surface area contributed by atoms with Crippen LogP contribution in [0.3, 0.4) is 0 Å². The highest BCUT2D eigenvalue weighted by molar-refractivity contribution is 9.10. The third kappa shape index (κ3) is 5.11. The number of benzene rings is 2. The molecule has 0 aliphatic heterocycles. The van der Waals surface area contributed by atoms with Crippen LogP contribution in [-0.2, 0) is 4.79 Å². The summed E-state index contributed by atoms with van der Waals surface area (Å²) < 4.78 is 11.7. The maximum absolute atomic E-state index is 11.0. The molecule has 0 aromatic heterocycles. The Morgan fingerprint density at radius 3 is 2.54 bits per heavy atom. The Labute approximate surface area is 161 Å². The van der Waals surface area contributed by atoms with Crippen LogP contribution in [0.5, 0.6) is 11.5 Å². The minimum absolute atomic E-state index is 0.249. The number of nitriles is 1. The van der Waals surface area contributed by atoms with Gasteiger partial charge in [-0.15, -0.1) is 0 Å². The predicted octanol–water partition coefficient (Wildman–Crippen LogP) is 4.08. The van der Waals surface area contributed by atoms with Crippen LogP contribution < -0.4 is 15.2 Å². The summed E-state index contributed by atoms with van der Waals surface area (Å²) >= 11 is 3.43.